The summed E-state index contributed by atoms with van der Waals surface area (Å²) in [6, 6.07) is 8.83. The van der Waals surface area contributed by atoms with Crippen molar-refractivity contribution in [2.75, 3.05) is 0 Å². The molecule has 1 aliphatic carbocycles. The van der Waals surface area contributed by atoms with Gasteiger partial charge in [-0.2, -0.15) is 13.2 Å². The van der Waals surface area contributed by atoms with E-state index in [-0.39, 0.29) is 12.0 Å². The summed E-state index contributed by atoms with van der Waals surface area (Å²) in [5.41, 5.74) is 0.968. The predicted molar refractivity (Wildman–Crippen MR) is 51.8 cm³/mol. The molecule has 2 unspecified atom stereocenters. The van der Waals surface area contributed by atoms with Crippen LogP contribution < -0.4 is 5.32 Å². The summed E-state index contributed by atoms with van der Waals surface area (Å²) in [7, 11) is 0. The Kier molecular flexibility index (Phi) is 2.61. The van der Waals surface area contributed by atoms with Crippen molar-refractivity contribution in [2.45, 2.75) is 24.6 Å². The van der Waals surface area contributed by atoms with Gasteiger partial charge in [-0.25, -0.2) is 0 Å². The summed E-state index contributed by atoms with van der Waals surface area (Å²) in [6.07, 6.45) is -4.21. The zero-order chi connectivity index (χ0) is 11.8. The van der Waals surface area contributed by atoms with Crippen molar-refractivity contribution in [3.63, 3.8) is 0 Å². The molecule has 0 spiro atoms. The lowest BCUT2D eigenvalue weighted by Gasteiger charge is -2.07. The van der Waals surface area contributed by atoms with E-state index in [0.717, 1.165) is 5.56 Å². The van der Waals surface area contributed by atoms with Crippen molar-refractivity contribution >= 4 is 5.91 Å². The van der Waals surface area contributed by atoms with Crippen molar-refractivity contribution < 1.29 is 18.0 Å². The largest absolute Gasteiger partial charge is 0.471 e. The highest BCUT2D eigenvalue weighted by molar-refractivity contribution is 5.82. The Labute approximate surface area is 90.5 Å². The Hall–Kier alpha value is -1.52. The molecule has 5 heteroatoms. The predicted octanol–water partition coefficient (Wildman–Crippen LogP) is 2.22. The van der Waals surface area contributed by atoms with E-state index in [2.05, 4.69) is 0 Å². The second-order valence-electron chi connectivity index (χ2n) is 3.83. The first-order chi connectivity index (χ1) is 7.48. The lowest BCUT2D eigenvalue weighted by Crippen LogP contribution is -2.38. The number of hydrogen-bond acceptors (Lipinski definition) is 1. The van der Waals surface area contributed by atoms with Gasteiger partial charge in [0.2, 0.25) is 0 Å². The summed E-state index contributed by atoms with van der Waals surface area (Å²) in [4.78, 5) is 10.7. The summed E-state index contributed by atoms with van der Waals surface area (Å²) >= 11 is 0. The average Bonchev–Trinajstić information content (AvgIpc) is 2.97. The number of amides is 1. The molecule has 1 aromatic carbocycles. The molecule has 0 aromatic heterocycles. The Morgan fingerprint density at radius 2 is 1.88 bits per heavy atom. The van der Waals surface area contributed by atoms with Gasteiger partial charge in [0.1, 0.15) is 0 Å². The van der Waals surface area contributed by atoms with Crippen LogP contribution in [0.15, 0.2) is 30.3 Å². The molecule has 0 radical (unpaired) electrons. The minimum Gasteiger partial charge on any atom is -0.345 e. The van der Waals surface area contributed by atoms with Gasteiger partial charge in [0, 0.05) is 12.0 Å². The van der Waals surface area contributed by atoms with E-state index in [9.17, 15) is 18.0 Å². The molecule has 2 atom stereocenters. The third kappa shape index (κ3) is 2.35. The van der Waals surface area contributed by atoms with Crippen molar-refractivity contribution in [1.82, 2.24) is 5.32 Å². The smallest absolute Gasteiger partial charge is 0.345 e. The van der Waals surface area contributed by atoms with Crippen LogP contribution in [0.25, 0.3) is 0 Å². The highest BCUT2D eigenvalue weighted by atomic mass is 19.4. The van der Waals surface area contributed by atoms with Gasteiger partial charge in [-0.1, -0.05) is 30.3 Å². The lowest BCUT2D eigenvalue weighted by molar-refractivity contribution is -0.173. The Morgan fingerprint density at radius 3 is 2.44 bits per heavy atom. The number of carbonyl (C=O) groups is 1. The van der Waals surface area contributed by atoms with Crippen LogP contribution in [0, 0.1) is 0 Å². The molecule has 0 saturated heterocycles. The Morgan fingerprint density at radius 1 is 1.25 bits per heavy atom. The molecule has 1 aliphatic rings. The molecule has 0 bridgehead atoms. The quantitative estimate of drug-likeness (QED) is 0.827. The van der Waals surface area contributed by atoms with Crippen LogP contribution >= 0.6 is 0 Å². The van der Waals surface area contributed by atoms with Gasteiger partial charge >= 0.3 is 12.1 Å². The lowest BCUT2D eigenvalue weighted by atomic mass is 10.1. The van der Waals surface area contributed by atoms with E-state index in [0.29, 0.717) is 6.42 Å². The van der Waals surface area contributed by atoms with E-state index < -0.39 is 12.1 Å². The maximum atomic E-state index is 12.0. The van der Waals surface area contributed by atoms with Gasteiger partial charge in [-0.15, -0.1) is 0 Å². The molecule has 0 heterocycles. The maximum absolute atomic E-state index is 12.0. The number of alkyl halides is 3. The topological polar surface area (TPSA) is 29.1 Å². The molecule has 2 nitrogen and oxygen atoms in total. The van der Waals surface area contributed by atoms with Gasteiger partial charge in [-0.05, 0) is 12.0 Å². The molecule has 1 saturated carbocycles. The first kappa shape index (κ1) is 11.0. The number of hydrogen-bond donors (Lipinski definition) is 1. The minimum atomic E-state index is -4.79. The Balaban J connectivity index is 1.91. The average molecular weight is 229 g/mol. The molecular weight excluding hydrogens is 219 g/mol. The first-order valence-electron chi connectivity index (χ1n) is 4.91. The second kappa shape index (κ2) is 3.81. The Bertz CT molecular complexity index is 388. The van der Waals surface area contributed by atoms with Crippen LogP contribution in [-0.2, 0) is 4.79 Å². The number of benzene rings is 1. The van der Waals surface area contributed by atoms with E-state index >= 15 is 0 Å². The number of nitrogens with one attached hydrogen (secondary N) is 1. The summed E-state index contributed by atoms with van der Waals surface area (Å²) in [6.45, 7) is 0. The van der Waals surface area contributed by atoms with Gasteiger partial charge in [-0.3, -0.25) is 4.79 Å². The van der Waals surface area contributed by atoms with Crippen LogP contribution in [0.2, 0.25) is 0 Å². The molecule has 86 valence electrons. The molecule has 0 aliphatic heterocycles. The SMILES string of the molecule is O=C(NC1CC1c1ccccc1)C(F)(F)F. The van der Waals surface area contributed by atoms with Crippen LogP contribution in [0.3, 0.4) is 0 Å². The highest BCUT2D eigenvalue weighted by Gasteiger charge is 2.46. The summed E-state index contributed by atoms with van der Waals surface area (Å²) in [5, 5.41) is 1.98. The maximum Gasteiger partial charge on any atom is 0.471 e. The molecule has 16 heavy (non-hydrogen) atoms. The normalized spacial score (nSPS) is 23.9. The van der Waals surface area contributed by atoms with Crippen molar-refractivity contribution in [3.8, 4) is 0 Å². The van der Waals surface area contributed by atoms with Crippen LogP contribution in [0.4, 0.5) is 13.2 Å². The van der Waals surface area contributed by atoms with E-state index in [1.165, 1.54) is 0 Å². The number of rotatable bonds is 2. The molecule has 1 fully saturated rings. The summed E-state index contributed by atoms with van der Waals surface area (Å²) < 4.78 is 35.9. The summed E-state index contributed by atoms with van der Waals surface area (Å²) in [5.74, 6) is -1.83. The second-order valence-corrected chi connectivity index (χ2v) is 3.83. The highest BCUT2D eigenvalue weighted by Crippen LogP contribution is 2.41. The minimum absolute atomic E-state index is 0.0208. The van der Waals surface area contributed by atoms with E-state index in [4.69, 9.17) is 0 Å². The van der Waals surface area contributed by atoms with Crippen LogP contribution in [-0.4, -0.2) is 18.1 Å². The number of carbonyl (C=O) groups excluding carboxylic acids is 1. The zero-order valence-electron chi connectivity index (χ0n) is 8.29. The zero-order valence-corrected chi connectivity index (χ0v) is 8.29. The van der Waals surface area contributed by atoms with Gasteiger partial charge < -0.3 is 5.32 Å². The van der Waals surface area contributed by atoms with Crippen molar-refractivity contribution in [3.05, 3.63) is 35.9 Å². The number of halogens is 3. The third-order valence-corrected chi connectivity index (χ3v) is 2.59. The van der Waals surface area contributed by atoms with Crippen LogP contribution in [0.5, 0.6) is 0 Å². The molecule has 2 rings (SSSR count). The van der Waals surface area contributed by atoms with Crippen molar-refractivity contribution in [2.24, 2.45) is 0 Å². The molecule has 1 N–H and O–H groups in total. The van der Waals surface area contributed by atoms with Gasteiger partial charge in [0.25, 0.3) is 0 Å². The van der Waals surface area contributed by atoms with E-state index in [1.54, 1.807) is 0 Å². The van der Waals surface area contributed by atoms with Gasteiger partial charge in [0.15, 0.2) is 0 Å². The monoisotopic (exact) mass is 229 g/mol. The third-order valence-electron chi connectivity index (χ3n) is 2.59. The molecule has 1 aromatic rings. The van der Waals surface area contributed by atoms with Crippen LogP contribution in [0.1, 0.15) is 17.9 Å². The molecular formula is C11H10F3NO. The fourth-order valence-electron chi connectivity index (χ4n) is 1.67. The van der Waals surface area contributed by atoms with Crippen molar-refractivity contribution in [1.29, 1.82) is 0 Å². The fourth-order valence-corrected chi connectivity index (χ4v) is 1.67. The van der Waals surface area contributed by atoms with Gasteiger partial charge in [0.05, 0.1) is 0 Å². The first-order valence-corrected chi connectivity index (χ1v) is 4.91. The fraction of sp³-hybridized carbons (Fsp3) is 0.364. The molecule has 1 amide bonds. The van der Waals surface area contributed by atoms with E-state index in [1.807, 2.05) is 35.6 Å². The standard InChI is InChI=1S/C11H10F3NO/c12-11(13,14)10(16)15-9-6-8(9)7-4-2-1-3-5-7/h1-5,8-9H,6H2,(H,15,16).